The minimum atomic E-state index is -0.105. The van der Waals surface area contributed by atoms with Crippen LogP contribution in [0.4, 0.5) is 0 Å². The third kappa shape index (κ3) is 3.78. The van der Waals surface area contributed by atoms with Crippen LogP contribution in [0.25, 0.3) is 11.1 Å². The van der Waals surface area contributed by atoms with Gasteiger partial charge in [0, 0.05) is 30.4 Å². The van der Waals surface area contributed by atoms with Crippen LogP contribution >= 0.6 is 0 Å². The van der Waals surface area contributed by atoms with Crippen molar-refractivity contribution < 1.29 is 4.74 Å². The minimum absolute atomic E-state index is 0.105. The maximum absolute atomic E-state index is 6.44. The van der Waals surface area contributed by atoms with Gasteiger partial charge in [0.25, 0.3) is 0 Å². The molecular formula is C23H23N2O. The number of benzene rings is 2. The van der Waals surface area contributed by atoms with Crippen LogP contribution in [0.1, 0.15) is 30.2 Å². The van der Waals surface area contributed by atoms with Gasteiger partial charge in [0.1, 0.15) is 5.75 Å². The molecule has 2 aromatic carbocycles. The predicted octanol–water partition coefficient (Wildman–Crippen LogP) is 5.10. The highest BCUT2D eigenvalue weighted by Gasteiger charge is 2.25. The molecule has 1 aliphatic heterocycles. The monoisotopic (exact) mass is 343 g/mol. The summed E-state index contributed by atoms with van der Waals surface area (Å²) in [6.07, 6.45) is 6.00. The first-order chi connectivity index (χ1) is 12.8. The quantitative estimate of drug-likeness (QED) is 0.644. The number of pyridine rings is 1. The summed E-state index contributed by atoms with van der Waals surface area (Å²) in [7, 11) is 0. The van der Waals surface area contributed by atoms with E-state index in [4.69, 9.17) is 4.74 Å². The van der Waals surface area contributed by atoms with E-state index in [1.807, 2.05) is 36.5 Å². The average molecular weight is 343 g/mol. The maximum Gasteiger partial charge on any atom is 0.179 e. The molecule has 3 aromatic rings. The predicted molar refractivity (Wildman–Crippen MR) is 105 cm³/mol. The summed E-state index contributed by atoms with van der Waals surface area (Å²) < 4.78 is 6.44. The first kappa shape index (κ1) is 16.8. The van der Waals surface area contributed by atoms with Crippen LogP contribution in [-0.4, -0.2) is 23.0 Å². The van der Waals surface area contributed by atoms with Gasteiger partial charge in [-0.05, 0) is 37.0 Å². The molecule has 26 heavy (non-hydrogen) atoms. The zero-order valence-electron chi connectivity index (χ0n) is 14.8. The Morgan fingerprint density at radius 2 is 1.69 bits per heavy atom. The zero-order valence-corrected chi connectivity index (χ0v) is 14.8. The average Bonchev–Trinajstić information content (AvgIpc) is 3.21. The molecule has 1 atom stereocenters. The Labute approximate surface area is 155 Å². The van der Waals surface area contributed by atoms with Crippen molar-refractivity contribution >= 4 is 0 Å². The van der Waals surface area contributed by atoms with Crippen molar-refractivity contribution in [1.29, 1.82) is 0 Å². The van der Waals surface area contributed by atoms with Crippen molar-refractivity contribution in [2.45, 2.75) is 19.1 Å². The normalized spacial score (nSPS) is 15.7. The lowest BCUT2D eigenvalue weighted by Crippen LogP contribution is -2.30. The minimum Gasteiger partial charge on any atom is -0.469 e. The van der Waals surface area contributed by atoms with Gasteiger partial charge in [-0.15, -0.1) is 0 Å². The summed E-state index contributed by atoms with van der Waals surface area (Å²) in [5.41, 5.74) is 4.35. The van der Waals surface area contributed by atoms with E-state index in [1.54, 1.807) is 6.20 Å². The highest BCUT2D eigenvalue weighted by atomic mass is 16.5. The van der Waals surface area contributed by atoms with E-state index in [1.165, 1.54) is 12.8 Å². The van der Waals surface area contributed by atoms with E-state index in [-0.39, 0.29) is 6.23 Å². The van der Waals surface area contributed by atoms with Crippen LogP contribution in [-0.2, 0) is 0 Å². The number of hydrogen-bond donors (Lipinski definition) is 0. The largest absolute Gasteiger partial charge is 0.469 e. The molecule has 1 unspecified atom stereocenters. The Bertz CT molecular complexity index is 857. The van der Waals surface area contributed by atoms with E-state index in [0.717, 1.165) is 41.1 Å². The molecule has 0 saturated carbocycles. The molecule has 0 bridgehead atoms. The third-order valence-corrected chi connectivity index (χ3v) is 4.78. The van der Waals surface area contributed by atoms with Crippen molar-refractivity contribution in [3.63, 3.8) is 0 Å². The number of likely N-dealkylation sites (tertiary alicyclic amines) is 1. The Morgan fingerprint density at radius 3 is 2.46 bits per heavy atom. The summed E-state index contributed by atoms with van der Waals surface area (Å²) >= 11 is 0. The van der Waals surface area contributed by atoms with Crippen molar-refractivity contribution in [3.05, 3.63) is 91.1 Å². The fourth-order valence-electron chi connectivity index (χ4n) is 3.48. The molecule has 1 saturated heterocycles. The van der Waals surface area contributed by atoms with Gasteiger partial charge in [-0.1, -0.05) is 54.6 Å². The van der Waals surface area contributed by atoms with Gasteiger partial charge in [0.05, 0.1) is 6.20 Å². The lowest BCUT2D eigenvalue weighted by atomic mass is 10.1. The standard InChI is InChI=1S/C23H23N2O/c1-18-8-7-11-20(14-18)23(25-12-5-6-13-25)26-22-15-21(16-24-17-22)19-9-3-2-4-10-19/h2-4,7-11,14-17,23H,1,5-6,12-13H2. The Kier molecular flexibility index (Phi) is 4.98. The molecule has 4 rings (SSSR count). The molecule has 0 spiro atoms. The summed E-state index contributed by atoms with van der Waals surface area (Å²) in [5, 5.41) is 0. The molecule has 2 heterocycles. The van der Waals surface area contributed by atoms with E-state index < -0.39 is 0 Å². The SMILES string of the molecule is [CH2]c1cccc(C(Oc2cncc(-c3ccccc3)c2)N2CCCC2)c1. The molecule has 0 N–H and O–H groups in total. The summed E-state index contributed by atoms with van der Waals surface area (Å²) in [6.45, 7) is 6.17. The number of ether oxygens (including phenoxy) is 1. The van der Waals surface area contributed by atoms with Gasteiger partial charge in [-0.3, -0.25) is 9.88 Å². The summed E-state index contributed by atoms with van der Waals surface area (Å²) in [4.78, 5) is 6.79. The van der Waals surface area contributed by atoms with Gasteiger partial charge < -0.3 is 4.74 Å². The first-order valence-corrected chi connectivity index (χ1v) is 9.13. The maximum atomic E-state index is 6.44. The van der Waals surface area contributed by atoms with Gasteiger partial charge in [-0.2, -0.15) is 0 Å². The molecule has 0 amide bonds. The van der Waals surface area contributed by atoms with Gasteiger partial charge in [0.15, 0.2) is 6.23 Å². The van der Waals surface area contributed by atoms with E-state index >= 15 is 0 Å². The van der Waals surface area contributed by atoms with Crippen molar-refractivity contribution in [1.82, 2.24) is 9.88 Å². The lowest BCUT2D eigenvalue weighted by Gasteiger charge is -2.28. The van der Waals surface area contributed by atoms with Crippen molar-refractivity contribution in [3.8, 4) is 16.9 Å². The molecular weight excluding hydrogens is 320 g/mol. The Morgan fingerprint density at radius 1 is 0.885 bits per heavy atom. The summed E-state index contributed by atoms with van der Waals surface area (Å²) in [6, 6.07) is 20.6. The number of rotatable bonds is 5. The second kappa shape index (κ2) is 7.71. The number of hydrogen-bond acceptors (Lipinski definition) is 3. The highest BCUT2D eigenvalue weighted by Crippen LogP contribution is 2.30. The third-order valence-electron chi connectivity index (χ3n) is 4.78. The van der Waals surface area contributed by atoms with Crippen LogP contribution in [0.3, 0.4) is 0 Å². The molecule has 3 heteroatoms. The lowest BCUT2D eigenvalue weighted by molar-refractivity contribution is 0.0418. The van der Waals surface area contributed by atoms with Gasteiger partial charge >= 0.3 is 0 Å². The summed E-state index contributed by atoms with van der Waals surface area (Å²) in [5.74, 6) is 0.790. The molecule has 1 radical (unpaired) electrons. The van der Waals surface area contributed by atoms with Crippen LogP contribution in [0.2, 0.25) is 0 Å². The fourth-order valence-corrected chi connectivity index (χ4v) is 3.48. The second-order valence-electron chi connectivity index (χ2n) is 6.73. The zero-order chi connectivity index (χ0) is 17.8. The second-order valence-corrected chi connectivity index (χ2v) is 6.73. The first-order valence-electron chi connectivity index (χ1n) is 9.13. The topological polar surface area (TPSA) is 25.4 Å². The molecule has 0 aliphatic carbocycles. The number of nitrogens with zero attached hydrogens (tertiary/aromatic N) is 2. The van der Waals surface area contributed by atoms with Crippen molar-refractivity contribution in [2.24, 2.45) is 0 Å². The van der Waals surface area contributed by atoms with Crippen LogP contribution in [0.15, 0.2) is 73.1 Å². The molecule has 1 fully saturated rings. The number of aromatic nitrogens is 1. The molecule has 3 nitrogen and oxygen atoms in total. The van der Waals surface area contributed by atoms with Crippen LogP contribution in [0, 0.1) is 6.92 Å². The van der Waals surface area contributed by atoms with E-state index in [0.29, 0.717) is 0 Å². The molecule has 1 aliphatic rings. The highest BCUT2D eigenvalue weighted by molar-refractivity contribution is 5.63. The fraction of sp³-hybridized carbons (Fsp3) is 0.217. The van der Waals surface area contributed by atoms with Crippen LogP contribution < -0.4 is 4.74 Å². The smallest absolute Gasteiger partial charge is 0.179 e. The molecule has 1 aromatic heterocycles. The van der Waals surface area contributed by atoms with E-state index in [2.05, 4.69) is 47.1 Å². The Balaban J connectivity index is 1.63. The van der Waals surface area contributed by atoms with Crippen LogP contribution in [0.5, 0.6) is 5.75 Å². The van der Waals surface area contributed by atoms with Gasteiger partial charge in [0.2, 0.25) is 0 Å². The Hall–Kier alpha value is -2.65. The van der Waals surface area contributed by atoms with E-state index in [9.17, 15) is 0 Å². The molecule has 131 valence electrons. The van der Waals surface area contributed by atoms with Crippen molar-refractivity contribution in [2.75, 3.05) is 13.1 Å². The van der Waals surface area contributed by atoms with Gasteiger partial charge in [-0.25, -0.2) is 0 Å².